The van der Waals surface area contributed by atoms with Crippen LogP contribution in [-0.2, 0) is 9.84 Å². The molecule has 0 amide bonds. The number of thioether (sulfide) groups is 1. The summed E-state index contributed by atoms with van der Waals surface area (Å²) >= 11 is 6.00. The minimum absolute atomic E-state index is 0.240. The average molecular weight is 283 g/mol. The Morgan fingerprint density at radius 1 is 1.56 bits per heavy atom. The smallest absolute Gasteiger partial charge is 0.166 e. The topological polar surface area (TPSA) is 37.4 Å². The van der Waals surface area contributed by atoms with E-state index in [2.05, 4.69) is 24.5 Å². The van der Waals surface area contributed by atoms with Crippen molar-refractivity contribution >= 4 is 34.2 Å². The van der Waals surface area contributed by atoms with Gasteiger partial charge in [0.2, 0.25) is 0 Å². The minimum Gasteiger partial charge on any atom is -0.285 e. The van der Waals surface area contributed by atoms with Crippen LogP contribution >= 0.6 is 24.4 Å². The molecule has 1 heterocycles. The molecule has 2 unspecified atom stereocenters. The molecular formula is C10H21NO2S3. The molecule has 0 saturated carbocycles. The van der Waals surface area contributed by atoms with Crippen LogP contribution in [0.2, 0.25) is 0 Å². The summed E-state index contributed by atoms with van der Waals surface area (Å²) in [6.07, 6.45) is 0. The van der Waals surface area contributed by atoms with Gasteiger partial charge in [-0.25, -0.2) is 8.42 Å². The Balaban J connectivity index is 2.71. The third-order valence-electron chi connectivity index (χ3n) is 2.87. The third kappa shape index (κ3) is 3.82. The minimum atomic E-state index is -2.94. The lowest BCUT2D eigenvalue weighted by atomic mass is 10.2. The number of rotatable bonds is 5. The lowest BCUT2D eigenvalue weighted by molar-refractivity contribution is 0.242. The second-order valence-corrected chi connectivity index (χ2v) is 8.23. The van der Waals surface area contributed by atoms with Gasteiger partial charge in [-0.1, -0.05) is 13.8 Å². The molecule has 2 atom stereocenters. The van der Waals surface area contributed by atoms with Gasteiger partial charge >= 0.3 is 0 Å². The lowest BCUT2D eigenvalue weighted by Gasteiger charge is -2.36. The van der Waals surface area contributed by atoms with Gasteiger partial charge in [0.15, 0.2) is 9.84 Å². The summed E-state index contributed by atoms with van der Waals surface area (Å²) in [5.74, 6) is 3.25. The number of thiol groups is 1. The van der Waals surface area contributed by atoms with E-state index in [1.165, 1.54) is 0 Å². The Morgan fingerprint density at radius 3 is 2.81 bits per heavy atom. The summed E-state index contributed by atoms with van der Waals surface area (Å²) in [6, 6.07) is 0. The van der Waals surface area contributed by atoms with Crippen LogP contribution < -0.4 is 0 Å². The van der Waals surface area contributed by atoms with E-state index in [1.54, 1.807) is 18.7 Å². The fourth-order valence-corrected chi connectivity index (χ4v) is 5.01. The van der Waals surface area contributed by atoms with Gasteiger partial charge in [0, 0.05) is 30.3 Å². The van der Waals surface area contributed by atoms with E-state index in [1.807, 2.05) is 0 Å². The predicted octanol–water partition coefficient (Wildman–Crippen LogP) is 1.36. The molecule has 0 aromatic carbocycles. The Bertz CT molecular complexity index is 305. The summed E-state index contributed by atoms with van der Waals surface area (Å²) in [6.45, 7) is 5.57. The SMILES string of the molecule is CCS(=O)(=O)C1CSCCN1CC(C)CS. The Hall–Kier alpha value is 0.610. The van der Waals surface area contributed by atoms with Crippen LogP contribution in [0.3, 0.4) is 0 Å². The van der Waals surface area contributed by atoms with Gasteiger partial charge in [0.25, 0.3) is 0 Å². The Kier molecular flexibility index (Phi) is 5.98. The van der Waals surface area contributed by atoms with Crippen LogP contribution in [0.1, 0.15) is 13.8 Å². The molecule has 0 radical (unpaired) electrons. The maximum Gasteiger partial charge on any atom is 0.166 e. The maximum atomic E-state index is 12.0. The van der Waals surface area contributed by atoms with Crippen LogP contribution in [-0.4, -0.2) is 54.8 Å². The van der Waals surface area contributed by atoms with Gasteiger partial charge in [0.1, 0.15) is 5.37 Å². The molecule has 1 fully saturated rings. The van der Waals surface area contributed by atoms with Crippen molar-refractivity contribution in [3.8, 4) is 0 Å². The number of hydrogen-bond donors (Lipinski definition) is 1. The first-order valence-corrected chi connectivity index (χ1v) is 9.15. The zero-order valence-electron chi connectivity index (χ0n) is 9.92. The van der Waals surface area contributed by atoms with Gasteiger partial charge < -0.3 is 0 Å². The normalized spacial score (nSPS) is 25.6. The molecular weight excluding hydrogens is 262 g/mol. The monoisotopic (exact) mass is 283 g/mol. The predicted molar refractivity (Wildman–Crippen MR) is 75.2 cm³/mol. The highest BCUT2D eigenvalue weighted by Crippen LogP contribution is 2.22. The van der Waals surface area contributed by atoms with Crippen LogP contribution in [0.25, 0.3) is 0 Å². The van der Waals surface area contributed by atoms with Crippen molar-refractivity contribution in [2.75, 3.05) is 36.1 Å². The fraction of sp³-hybridized carbons (Fsp3) is 1.00. The lowest BCUT2D eigenvalue weighted by Crippen LogP contribution is -2.49. The van der Waals surface area contributed by atoms with Crippen molar-refractivity contribution in [3.05, 3.63) is 0 Å². The standard InChI is InChI=1S/C10H21NO2S3/c1-3-16(12,13)10-8-15-5-4-11(10)6-9(2)7-14/h9-10,14H,3-8H2,1-2H3. The summed E-state index contributed by atoms with van der Waals surface area (Å²) in [5, 5.41) is -0.279. The van der Waals surface area contributed by atoms with Crippen LogP contribution in [0.5, 0.6) is 0 Å². The quantitative estimate of drug-likeness (QED) is 0.773. The van der Waals surface area contributed by atoms with Crippen LogP contribution in [0.4, 0.5) is 0 Å². The van der Waals surface area contributed by atoms with Gasteiger partial charge in [0.05, 0.1) is 0 Å². The van der Waals surface area contributed by atoms with Crippen molar-refractivity contribution < 1.29 is 8.42 Å². The molecule has 0 aliphatic carbocycles. The van der Waals surface area contributed by atoms with Crippen LogP contribution in [0, 0.1) is 5.92 Å². The van der Waals surface area contributed by atoms with E-state index >= 15 is 0 Å². The van der Waals surface area contributed by atoms with Crippen molar-refractivity contribution in [2.45, 2.75) is 19.2 Å². The van der Waals surface area contributed by atoms with E-state index < -0.39 is 9.84 Å². The molecule has 0 aromatic rings. The molecule has 0 bridgehead atoms. The summed E-state index contributed by atoms with van der Waals surface area (Å²) in [4.78, 5) is 2.12. The number of sulfone groups is 1. The van der Waals surface area contributed by atoms with E-state index in [-0.39, 0.29) is 11.1 Å². The highest BCUT2D eigenvalue weighted by atomic mass is 32.2. The van der Waals surface area contributed by atoms with E-state index in [0.717, 1.165) is 30.3 Å². The highest BCUT2D eigenvalue weighted by Gasteiger charge is 2.32. The molecule has 1 aliphatic heterocycles. The summed E-state index contributed by atoms with van der Waals surface area (Å²) in [5.41, 5.74) is 0. The van der Waals surface area contributed by atoms with Crippen molar-refractivity contribution in [1.29, 1.82) is 0 Å². The molecule has 1 saturated heterocycles. The van der Waals surface area contributed by atoms with E-state index in [0.29, 0.717) is 5.92 Å². The maximum absolute atomic E-state index is 12.0. The zero-order valence-corrected chi connectivity index (χ0v) is 12.5. The highest BCUT2D eigenvalue weighted by molar-refractivity contribution is 8.01. The number of nitrogens with zero attached hydrogens (tertiary/aromatic N) is 1. The fourth-order valence-electron chi connectivity index (χ4n) is 1.81. The molecule has 16 heavy (non-hydrogen) atoms. The summed E-state index contributed by atoms with van der Waals surface area (Å²) in [7, 11) is -2.94. The molecule has 96 valence electrons. The van der Waals surface area contributed by atoms with Gasteiger partial charge in [-0.3, -0.25) is 4.90 Å². The van der Waals surface area contributed by atoms with Gasteiger partial charge in [-0.15, -0.1) is 0 Å². The van der Waals surface area contributed by atoms with E-state index in [4.69, 9.17) is 0 Å². The second kappa shape index (κ2) is 6.52. The Morgan fingerprint density at radius 2 is 2.25 bits per heavy atom. The first kappa shape index (κ1) is 14.7. The third-order valence-corrected chi connectivity index (χ3v) is 6.82. The van der Waals surface area contributed by atoms with Crippen molar-refractivity contribution in [3.63, 3.8) is 0 Å². The Labute approximate surface area is 109 Å². The zero-order chi connectivity index (χ0) is 12.2. The molecule has 1 aliphatic rings. The summed E-state index contributed by atoms with van der Waals surface area (Å²) < 4.78 is 23.9. The molecule has 6 heteroatoms. The van der Waals surface area contributed by atoms with Gasteiger partial charge in [-0.05, 0) is 11.7 Å². The first-order chi connectivity index (χ1) is 7.51. The van der Waals surface area contributed by atoms with E-state index in [9.17, 15) is 8.42 Å². The molecule has 3 nitrogen and oxygen atoms in total. The second-order valence-electron chi connectivity index (χ2n) is 4.26. The average Bonchev–Trinajstić information content (AvgIpc) is 2.29. The van der Waals surface area contributed by atoms with Crippen LogP contribution in [0.15, 0.2) is 0 Å². The van der Waals surface area contributed by atoms with Crippen molar-refractivity contribution in [1.82, 2.24) is 4.90 Å². The molecule has 0 spiro atoms. The molecule has 0 aromatic heterocycles. The molecule has 0 N–H and O–H groups in total. The molecule has 1 rings (SSSR count). The first-order valence-electron chi connectivity index (χ1n) is 5.65. The number of hydrogen-bond acceptors (Lipinski definition) is 5. The largest absolute Gasteiger partial charge is 0.285 e. The van der Waals surface area contributed by atoms with Crippen molar-refractivity contribution in [2.24, 2.45) is 5.92 Å². The van der Waals surface area contributed by atoms with Gasteiger partial charge in [-0.2, -0.15) is 24.4 Å².